The van der Waals surface area contributed by atoms with E-state index in [1.807, 2.05) is 25.5 Å². The van der Waals surface area contributed by atoms with Crippen LogP contribution < -0.4 is 5.32 Å². The van der Waals surface area contributed by atoms with E-state index in [2.05, 4.69) is 20.5 Å². The first-order valence-electron chi connectivity index (χ1n) is 6.76. The summed E-state index contributed by atoms with van der Waals surface area (Å²) >= 11 is 5.96. The molecule has 0 saturated heterocycles. The molecule has 0 atom stereocenters. The van der Waals surface area contributed by atoms with Crippen LogP contribution in [0.3, 0.4) is 0 Å². The Hall–Kier alpha value is -1.95. The first kappa shape index (κ1) is 15.4. The Labute approximate surface area is 128 Å². The highest BCUT2D eigenvalue weighted by atomic mass is 35.5. The summed E-state index contributed by atoms with van der Waals surface area (Å²) in [5.41, 5.74) is 1.33. The third-order valence-corrected chi connectivity index (χ3v) is 3.30. The maximum Gasteiger partial charge on any atom is 0.251 e. The van der Waals surface area contributed by atoms with Crippen LogP contribution in [-0.2, 0) is 13.5 Å². The molecule has 1 amide bonds. The number of rotatable bonds is 5. The van der Waals surface area contributed by atoms with Crippen LogP contribution in [0.4, 0.5) is 0 Å². The van der Waals surface area contributed by atoms with Crippen molar-refractivity contribution in [3.8, 4) is 0 Å². The van der Waals surface area contributed by atoms with Crippen LogP contribution in [0.25, 0.3) is 0 Å². The van der Waals surface area contributed by atoms with Crippen molar-refractivity contribution in [1.29, 1.82) is 0 Å². The summed E-state index contributed by atoms with van der Waals surface area (Å²) in [6.07, 6.45) is 2.26. The second kappa shape index (κ2) is 6.67. The van der Waals surface area contributed by atoms with Crippen LogP contribution in [-0.4, -0.2) is 32.2 Å². The fourth-order valence-electron chi connectivity index (χ4n) is 1.87. The van der Waals surface area contributed by atoms with Gasteiger partial charge in [-0.1, -0.05) is 25.4 Å². The minimum absolute atomic E-state index is 0.164. The van der Waals surface area contributed by atoms with E-state index in [1.165, 1.54) is 0 Å². The number of halogens is 1. The molecule has 0 aliphatic rings. The number of amides is 1. The van der Waals surface area contributed by atoms with E-state index in [-0.39, 0.29) is 11.8 Å². The number of carbonyl (C=O) groups is 1. The monoisotopic (exact) mass is 307 g/mol. The normalized spacial score (nSPS) is 10.9. The smallest absolute Gasteiger partial charge is 0.251 e. The first-order valence-corrected chi connectivity index (χ1v) is 7.13. The molecule has 0 saturated carbocycles. The number of pyridine rings is 1. The predicted molar refractivity (Wildman–Crippen MR) is 80.4 cm³/mol. The van der Waals surface area contributed by atoms with Crippen molar-refractivity contribution in [3.05, 3.63) is 40.7 Å². The van der Waals surface area contributed by atoms with Crippen LogP contribution in [0.2, 0.25) is 5.15 Å². The number of aryl methyl sites for hydroxylation is 1. The molecule has 0 radical (unpaired) electrons. The molecule has 0 aromatic carbocycles. The quantitative estimate of drug-likeness (QED) is 0.857. The summed E-state index contributed by atoms with van der Waals surface area (Å²) in [5.74, 6) is 0.878. The number of carbonyl (C=O) groups excluding carboxylic acids is 1. The van der Waals surface area contributed by atoms with E-state index in [4.69, 9.17) is 11.6 Å². The van der Waals surface area contributed by atoms with E-state index in [1.54, 1.807) is 18.5 Å². The topological polar surface area (TPSA) is 72.7 Å². The van der Waals surface area contributed by atoms with Gasteiger partial charge in [0.05, 0.1) is 0 Å². The van der Waals surface area contributed by atoms with Crippen molar-refractivity contribution >= 4 is 17.5 Å². The van der Waals surface area contributed by atoms with Crippen molar-refractivity contribution in [1.82, 2.24) is 25.1 Å². The second-order valence-electron chi connectivity index (χ2n) is 5.12. The van der Waals surface area contributed by atoms with Crippen LogP contribution in [0, 0.1) is 0 Å². The molecule has 0 spiro atoms. The van der Waals surface area contributed by atoms with Crippen LogP contribution >= 0.6 is 11.6 Å². The molecule has 0 aliphatic carbocycles. The minimum atomic E-state index is -0.164. The lowest BCUT2D eigenvalue weighted by atomic mass is 10.1. The molecule has 0 unspecified atom stereocenters. The highest BCUT2D eigenvalue weighted by Gasteiger charge is 2.11. The Morgan fingerprint density at radius 3 is 2.81 bits per heavy atom. The standard InChI is InChI=1S/C14H18ClN5O/c1-9(2)11-6-10(7-12(15)18-11)14(21)16-5-4-13-19-17-8-20(13)3/h6-9H,4-5H2,1-3H3,(H,16,21). The predicted octanol–water partition coefficient (Wildman–Crippen LogP) is 1.96. The molecule has 21 heavy (non-hydrogen) atoms. The van der Waals surface area contributed by atoms with Gasteiger partial charge in [0.15, 0.2) is 0 Å². The van der Waals surface area contributed by atoms with Gasteiger partial charge in [-0.15, -0.1) is 10.2 Å². The Balaban J connectivity index is 1.98. The third kappa shape index (κ3) is 4.01. The van der Waals surface area contributed by atoms with E-state index < -0.39 is 0 Å². The maximum atomic E-state index is 12.1. The van der Waals surface area contributed by atoms with Crippen molar-refractivity contribution in [2.24, 2.45) is 7.05 Å². The molecule has 2 heterocycles. The molecule has 0 bridgehead atoms. The van der Waals surface area contributed by atoms with Gasteiger partial charge in [-0.2, -0.15) is 0 Å². The van der Waals surface area contributed by atoms with E-state index in [0.29, 0.717) is 23.7 Å². The molecule has 2 aromatic heterocycles. The van der Waals surface area contributed by atoms with Gasteiger partial charge in [0.1, 0.15) is 17.3 Å². The molecule has 0 aliphatic heterocycles. The van der Waals surface area contributed by atoms with E-state index >= 15 is 0 Å². The number of hydrogen-bond acceptors (Lipinski definition) is 4. The molecule has 0 fully saturated rings. The Morgan fingerprint density at radius 1 is 1.43 bits per heavy atom. The summed E-state index contributed by atoms with van der Waals surface area (Å²) in [6.45, 7) is 4.51. The lowest BCUT2D eigenvalue weighted by Gasteiger charge is -2.09. The zero-order valence-corrected chi connectivity index (χ0v) is 13.1. The molecular weight excluding hydrogens is 290 g/mol. The molecule has 1 N–H and O–H groups in total. The van der Waals surface area contributed by atoms with E-state index in [0.717, 1.165) is 11.5 Å². The Bertz CT molecular complexity index is 638. The number of nitrogens with one attached hydrogen (secondary N) is 1. The SMILES string of the molecule is CC(C)c1cc(C(=O)NCCc2nncn2C)cc(Cl)n1. The summed E-state index contributed by atoms with van der Waals surface area (Å²) in [6, 6.07) is 3.35. The minimum Gasteiger partial charge on any atom is -0.352 e. The molecule has 2 aromatic rings. The van der Waals surface area contributed by atoms with Gasteiger partial charge in [-0.3, -0.25) is 4.79 Å². The average molecular weight is 308 g/mol. The van der Waals surface area contributed by atoms with Crippen molar-refractivity contribution < 1.29 is 4.79 Å². The van der Waals surface area contributed by atoms with Crippen LogP contribution in [0.5, 0.6) is 0 Å². The summed E-state index contributed by atoms with van der Waals surface area (Å²) in [4.78, 5) is 16.4. The van der Waals surface area contributed by atoms with Crippen LogP contribution in [0.15, 0.2) is 18.5 Å². The zero-order chi connectivity index (χ0) is 15.4. The Morgan fingerprint density at radius 2 is 2.19 bits per heavy atom. The molecular formula is C14H18ClN5O. The fourth-order valence-corrected chi connectivity index (χ4v) is 2.08. The van der Waals surface area contributed by atoms with E-state index in [9.17, 15) is 4.79 Å². The number of hydrogen-bond donors (Lipinski definition) is 1. The highest BCUT2D eigenvalue weighted by molar-refractivity contribution is 6.29. The third-order valence-electron chi connectivity index (χ3n) is 3.11. The summed E-state index contributed by atoms with van der Waals surface area (Å²) in [7, 11) is 1.87. The van der Waals surface area contributed by atoms with Gasteiger partial charge in [-0.25, -0.2) is 4.98 Å². The Kier molecular flexibility index (Phi) is 4.90. The largest absolute Gasteiger partial charge is 0.352 e. The lowest BCUT2D eigenvalue weighted by Crippen LogP contribution is -2.26. The van der Waals surface area contributed by atoms with Gasteiger partial charge >= 0.3 is 0 Å². The number of nitrogens with zero attached hydrogens (tertiary/aromatic N) is 4. The van der Waals surface area contributed by atoms with Gasteiger partial charge in [-0.05, 0) is 18.1 Å². The molecule has 112 valence electrons. The van der Waals surface area contributed by atoms with Crippen molar-refractivity contribution in [2.75, 3.05) is 6.54 Å². The van der Waals surface area contributed by atoms with Crippen molar-refractivity contribution in [2.45, 2.75) is 26.2 Å². The van der Waals surface area contributed by atoms with Crippen LogP contribution in [0.1, 0.15) is 41.6 Å². The van der Waals surface area contributed by atoms with Crippen molar-refractivity contribution in [3.63, 3.8) is 0 Å². The molecule has 6 nitrogen and oxygen atoms in total. The summed E-state index contributed by atoms with van der Waals surface area (Å²) in [5, 5.41) is 10.9. The zero-order valence-electron chi connectivity index (χ0n) is 12.3. The van der Waals surface area contributed by atoms with Gasteiger partial charge in [0, 0.05) is 31.3 Å². The highest BCUT2D eigenvalue weighted by Crippen LogP contribution is 2.17. The lowest BCUT2D eigenvalue weighted by molar-refractivity contribution is 0.0953. The van der Waals surface area contributed by atoms with Gasteiger partial charge < -0.3 is 9.88 Å². The maximum absolute atomic E-state index is 12.1. The van der Waals surface area contributed by atoms with Gasteiger partial charge in [0.2, 0.25) is 0 Å². The second-order valence-corrected chi connectivity index (χ2v) is 5.51. The first-order chi connectivity index (χ1) is 9.97. The molecule has 2 rings (SSSR count). The molecule has 7 heteroatoms. The average Bonchev–Trinajstić information content (AvgIpc) is 2.83. The number of aromatic nitrogens is 4. The van der Waals surface area contributed by atoms with Gasteiger partial charge in [0.25, 0.3) is 5.91 Å². The fraction of sp³-hybridized carbons (Fsp3) is 0.429. The summed E-state index contributed by atoms with van der Waals surface area (Å²) < 4.78 is 1.83.